The zero-order valence-corrected chi connectivity index (χ0v) is 19.5. The highest BCUT2D eigenvalue weighted by atomic mass is 16.3. The van der Waals surface area contributed by atoms with Crippen LogP contribution in [-0.4, -0.2) is 46.5 Å². The first-order chi connectivity index (χ1) is 14.4. The van der Waals surface area contributed by atoms with Gasteiger partial charge in [-0.05, 0) is 116 Å². The van der Waals surface area contributed by atoms with Crippen LogP contribution in [0.25, 0.3) is 0 Å². The van der Waals surface area contributed by atoms with Crippen molar-refractivity contribution in [3.8, 4) is 0 Å². The fourth-order valence-electron chi connectivity index (χ4n) is 10.6. The molecule has 4 aliphatic carbocycles. The van der Waals surface area contributed by atoms with E-state index in [0.717, 1.165) is 79.1 Å². The lowest BCUT2D eigenvalue weighted by Gasteiger charge is -2.56. The van der Waals surface area contributed by atoms with Crippen LogP contribution in [-0.2, 0) is 0 Å². The van der Waals surface area contributed by atoms with E-state index in [4.69, 9.17) is 0 Å². The number of piperidine rings is 2. The molecule has 0 unspecified atom stereocenters. The molecule has 0 amide bonds. The van der Waals surface area contributed by atoms with Gasteiger partial charge in [0.2, 0.25) is 0 Å². The Labute approximate surface area is 184 Å². The van der Waals surface area contributed by atoms with Crippen molar-refractivity contribution in [2.75, 3.05) is 13.1 Å². The first-order valence-corrected chi connectivity index (χ1v) is 13.5. The second-order valence-electron chi connectivity index (χ2n) is 13.1. The van der Waals surface area contributed by atoms with Gasteiger partial charge in [0.1, 0.15) is 0 Å². The van der Waals surface area contributed by atoms with E-state index in [1.165, 1.54) is 45.2 Å². The first-order valence-electron chi connectivity index (χ1n) is 13.5. The summed E-state index contributed by atoms with van der Waals surface area (Å²) in [5, 5.41) is 21.5. The molecule has 6 rings (SSSR count). The van der Waals surface area contributed by atoms with Crippen LogP contribution in [0.4, 0.5) is 0 Å². The average Bonchev–Trinajstić information content (AvgIpc) is 3.09. The fourth-order valence-corrected chi connectivity index (χ4v) is 10.6. The Morgan fingerprint density at radius 1 is 0.733 bits per heavy atom. The molecular formula is C27H45NO2. The first kappa shape index (κ1) is 20.5. The molecule has 2 saturated heterocycles. The zero-order valence-electron chi connectivity index (χ0n) is 19.5. The standard InChI is InChI=1S/C27H45NO2/c1-15-4-7-25-16(2)18-5-6-19-20(22(18)14-28(25)13-15)11-23-21(19)12-26(30)24-10-17(29)8-9-27(23,24)3/h15-26,29-30H,4-14H2,1-3H3/t15-,16+,17-,18-,19+,20+,21-,22+,23-,24+,25-,26+,27+/m1/s1. The van der Waals surface area contributed by atoms with Crippen LogP contribution in [0, 0.1) is 58.7 Å². The van der Waals surface area contributed by atoms with Crippen molar-refractivity contribution < 1.29 is 10.2 Å². The lowest BCUT2D eigenvalue weighted by atomic mass is 9.51. The largest absolute Gasteiger partial charge is 0.393 e. The quantitative estimate of drug-likeness (QED) is 0.609. The number of rotatable bonds is 0. The highest BCUT2D eigenvalue weighted by Crippen LogP contribution is 2.67. The lowest BCUT2D eigenvalue weighted by Crippen LogP contribution is -2.58. The molecule has 3 heteroatoms. The maximum Gasteiger partial charge on any atom is 0.0577 e. The van der Waals surface area contributed by atoms with Crippen LogP contribution in [0.2, 0.25) is 0 Å². The maximum atomic E-state index is 11.2. The molecule has 6 fully saturated rings. The number of nitrogens with zero attached hydrogens (tertiary/aromatic N) is 1. The Morgan fingerprint density at radius 2 is 1.53 bits per heavy atom. The van der Waals surface area contributed by atoms with Crippen LogP contribution in [0.1, 0.15) is 78.6 Å². The highest BCUT2D eigenvalue weighted by Gasteiger charge is 2.62. The van der Waals surface area contributed by atoms with E-state index in [1.807, 2.05) is 0 Å². The SMILES string of the molecule is C[C@@H]1CC[C@@H]2[C@@H](C)[C@H]3CC[C@H]4[C@H](C[C@@H]5[C@@H]4C[C@H](O)[C@@H]4C[C@H](O)CC[C@@]54C)[C@H]3CN2C1. The molecule has 0 aromatic rings. The third-order valence-corrected chi connectivity index (χ3v) is 12.0. The van der Waals surface area contributed by atoms with Gasteiger partial charge in [0.15, 0.2) is 0 Å². The third-order valence-electron chi connectivity index (χ3n) is 12.0. The van der Waals surface area contributed by atoms with Crippen molar-refractivity contribution >= 4 is 0 Å². The van der Waals surface area contributed by atoms with E-state index in [2.05, 4.69) is 25.7 Å². The molecule has 2 heterocycles. The Morgan fingerprint density at radius 3 is 2.37 bits per heavy atom. The highest BCUT2D eigenvalue weighted by molar-refractivity contribution is 5.12. The van der Waals surface area contributed by atoms with Gasteiger partial charge in [-0.15, -0.1) is 0 Å². The van der Waals surface area contributed by atoms with Crippen molar-refractivity contribution in [3.05, 3.63) is 0 Å². The van der Waals surface area contributed by atoms with Gasteiger partial charge in [-0.25, -0.2) is 0 Å². The van der Waals surface area contributed by atoms with E-state index in [-0.39, 0.29) is 17.6 Å². The number of hydrogen-bond donors (Lipinski definition) is 2. The lowest BCUT2D eigenvalue weighted by molar-refractivity contribution is -0.130. The summed E-state index contributed by atoms with van der Waals surface area (Å²) in [6.45, 7) is 10.3. The van der Waals surface area contributed by atoms with Crippen LogP contribution in [0.15, 0.2) is 0 Å². The van der Waals surface area contributed by atoms with E-state index in [9.17, 15) is 10.2 Å². The third kappa shape index (κ3) is 2.86. The second kappa shape index (κ2) is 7.19. The number of aliphatic hydroxyl groups is 2. The van der Waals surface area contributed by atoms with E-state index in [1.54, 1.807) is 0 Å². The van der Waals surface area contributed by atoms with E-state index < -0.39 is 0 Å². The predicted molar refractivity (Wildman–Crippen MR) is 120 cm³/mol. The molecule has 3 nitrogen and oxygen atoms in total. The van der Waals surface area contributed by atoms with Gasteiger partial charge >= 0.3 is 0 Å². The van der Waals surface area contributed by atoms with Gasteiger partial charge in [-0.1, -0.05) is 20.8 Å². The molecule has 0 bridgehead atoms. The van der Waals surface area contributed by atoms with Crippen molar-refractivity contribution in [1.82, 2.24) is 4.90 Å². The fraction of sp³-hybridized carbons (Fsp3) is 1.00. The van der Waals surface area contributed by atoms with Gasteiger partial charge in [-0.3, -0.25) is 4.90 Å². The minimum atomic E-state index is -0.181. The number of hydrogen-bond acceptors (Lipinski definition) is 3. The molecule has 6 aliphatic rings. The van der Waals surface area contributed by atoms with Gasteiger partial charge < -0.3 is 10.2 Å². The summed E-state index contributed by atoms with van der Waals surface area (Å²) >= 11 is 0. The predicted octanol–water partition coefficient (Wildman–Crippen LogP) is 4.56. The van der Waals surface area contributed by atoms with Crippen LogP contribution in [0.5, 0.6) is 0 Å². The Hall–Kier alpha value is -0.120. The van der Waals surface area contributed by atoms with Gasteiger partial charge in [0.25, 0.3) is 0 Å². The monoisotopic (exact) mass is 415 g/mol. The second-order valence-corrected chi connectivity index (χ2v) is 13.1. The Kier molecular flexibility index (Phi) is 4.91. The van der Waals surface area contributed by atoms with Crippen LogP contribution in [0.3, 0.4) is 0 Å². The molecule has 30 heavy (non-hydrogen) atoms. The summed E-state index contributed by atoms with van der Waals surface area (Å²) in [4.78, 5) is 2.92. The van der Waals surface area contributed by atoms with Gasteiger partial charge in [0.05, 0.1) is 12.2 Å². The summed E-state index contributed by atoms with van der Waals surface area (Å²) in [6.07, 6.45) is 10.7. The Balaban J connectivity index is 1.28. The molecule has 0 spiro atoms. The summed E-state index contributed by atoms with van der Waals surface area (Å²) in [5.41, 5.74) is 0.261. The van der Waals surface area contributed by atoms with E-state index >= 15 is 0 Å². The molecule has 4 saturated carbocycles. The molecule has 0 aromatic carbocycles. The summed E-state index contributed by atoms with van der Waals surface area (Å²) in [6, 6.07) is 0.853. The Bertz CT molecular complexity index is 665. The summed E-state index contributed by atoms with van der Waals surface area (Å²) in [7, 11) is 0. The molecule has 0 aromatic heterocycles. The summed E-state index contributed by atoms with van der Waals surface area (Å²) in [5.74, 6) is 7.22. The minimum absolute atomic E-state index is 0.180. The van der Waals surface area contributed by atoms with Crippen molar-refractivity contribution in [2.45, 2.75) is 96.8 Å². The van der Waals surface area contributed by atoms with Crippen LogP contribution >= 0.6 is 0 Å². The van der Waals surface area contributed by atoms with Gasteiger partial charge in [0, 0.05) is 19.1 Å². The topological polar surface area (TPSA) is 43.7 Å². The van der Waals surface area contributed by atoms with Gasteiger partial charge in [-0.2, -0.15) is 0 Å². The van der Waals surface area contributed by atoms with Crippen molar-refractivity contribution in [3.63, 3.8) is 0 Å². The number of aliphatic hydroxyl groups excluding tert-OH is 2. The smallest absolute Gasteiger partial charge is 0.0577 e. The van der Waals surface area contributed by atoms with E-state index in [0.29, 0.717) is 5.92 Å². The zero-order chi connectivity index (χ0) is 20.8. The molecule has 0 radical (unpaired) electrons. The molecule has 170 valence electrons. The molecule has 13 atom stereocenters. The number of fused-ring (bicyclic) bond motifs is 8. The molecular weight excluding hydrogens is 370 g/mol. The van der Waals surface area contributed by atoms with Crippen molar-refractivity contribution in [1.29, 1.82) is 0 Å². The maximum absolute atomic E-state index is 11.2. The summed E-state index contributed by atoms with van der Waals surface area (Å²) < 4.78 is 0. The van der Waals surface area contributed by atoms with Crippen LogP contribution < -0.4 is 0 Å². The minimum Gasteiger partial charge on any atom is -0.393 e. The van der Waals surface area contributed by atoms with Crippen molar-refractivity contribution in [2.24, 2.45) is 58.7 Å². The average molecular weight is 416 g/mol. The normalized spacial score (nSPS) is 60.7. The molecule has 2 aliphatic heterocycles. The molecule has 2 N–H and O–H groups in total.